The summed E-state index contributed by atoms with van der Waals surface area (Å²) in [5.41, 5.74) is 6.92. The molecule has 0 aromatic heterocycles. The van der Waals surface area contributed by atoms with Crippen molar-refractivity contribution in [2.45, 2.75) is 39.5 Å². The zero-order chi connectivity index (χ0) is 20.5. The summed E-state index contributed by atoms with van der Waals surface area (Å²) in [6.07, 6.45) is 2.67. The largest absolute Gasteiger partial charge is 0.370 e. The van der Waals surface area contributed by atoms with Crippen LogP contribution < -0.4 is 16.4 Å². The summed E-state index contributed by atoms with van der Waals surface area (Å²) in [6.45, 7) is 6.64. The van der Waals surface area contributed by atoms with Crippen LogP contribution in [0.5, 0.6) is 0 Å². The van der Waals surface area contributed by atoms with E-state index in [4.69, 9.17) is 17.3 Å². The van der Waals surface area contributed by atoms with Gasteiger partial charge in [-0.15, -0.1) is 24.0 Å². The quantitative estimate of drug-likeness (QED) is 0.284. The highest BCUT2D eigenvalue weighted by Gasteiger charge is 2.23. The fourth-order valence-corrected chi connectivity index (χ4v) is 3.53. The summed E-state index contributed by atoms with van der Waals surface area (Å²) in [5, 5.41) is 6.79. The van der Waals surface area contributed by atoms with E-state index >= 15 is 0 Å². The summed E-state index contributed by atoms with van der Waals surface area (Å²) < 4.78 is 0. The number of benzene rings is 1. The molecule has 0 saturated carbocycles. The molecule has 1 unspecified atom stereocenters. The molecule has 1 saturated heterocycles. The van der Waals surface area contributed by atoms with E-state index in [2.05, 4.69) is 20.5 Å². The van der Waals surface area contributed by atoms with Crippen molar-refractivity contribution in [2.24, 2.45) is 16.6 Å². The Labute approximate surface area is 194 Å². The van der Waals surface area contributed by atoms with Gasteiger partial charge >= 0.3 is 0 Å². The second-order valence-corrected chi connectivity index (χ2v) is 7.48. The Balaban J connectivity index is 0.00000420. The van der Waals surface area contributed by atoms with Crippen LogP contribution in [0, 0.1) is 12.8 Å². The average molecular weight is 536 g/mol. The first kappa shape index (κ1) is 25.5. The van der Waals surface area contributed by atoms with E-state index in [1.165, 1.54) is 0 Å². The zero-order valence-electron chi connectivity index (χ0n) is 17.0. The standard InChI is InChI=1S/C20H30ClN5O2.HI/c1-3-23-20(26-11-5-6-15(13-26)12-18(22)27)24-10-9-19(28)25-17-8-4-7-16(21)14(17)2;/h4,7-8,15H,3,5-6,9-13H2,1-2H3,(H2,22,27)(H,23,24)(H,25,28);1H. The highest BCUT2D eigenvalue weighted by molar-refractivity contribution is 14.0. The molecule has 9 heteroatoms. The second kappa shape index (κ2) is 12.9. The van der Waals surface area contributed by atoms with Crippen molar-refractivity contribution in [2.75, 3.05) is 31.5 Å². The number of hydrogen-bond acceptors (Lipinski definition) is 3. The van der Waals surface area contributed by atoms with Crippen molar-refractivity contribution in [1.82, 2.24) is 10.2 Å². The van der Waals surface area contributed by atoms with Gasteiger partial charge in [0.2, 0.25) is 11.8 Å². The van der Waals surface area contributed by atoms with Gasteiger partial charge in [-0.05, 0) is 50.3 Å². The number of nitrogens with two attached hydrogens (primary N) is 1. The molecule has 4 N–H and O–H groups in total. The molecular formula is C20H31ClIN5O2. The van der Waals surface area contributed by atoms with Crippen LogP contribution in [0.3, 0.4) is 0 Å². The molecule has 1 aliphatic heterocycles. The molecule has 7 nitrogen and oxygen atoms in total. The number of carbonyl (C=O) groups excluding carboxylic acids is 2. The number of halogens is 2. The molecule has 2 rings (SSSR count). The first-order valence-corrected chi connectivity index (χ1v) is 10.1. The summed E-state index contributed by atoms with van der Waals surface area (Å²) in [6, 6.07) is 5.44. The fraction of sp³-hybridized carbons (Fsp3) is 0.550. The number of carbonyl (C=O) groups is 2. The maximum absolute atomic E-state index is 12.3. The van der Waals surface area contributed by atoms with Crippen LogP contribution in [0.25, 0.3) is 0 Å². The second-order valence-electron chi connectivity index (χ2n) is 7.07. The third-order valence-corrected chi connectivity index (χ3v) is 5.19. The van der Waals surface area contributed by atoms with Gasteiger partial charge in [0.05, 0.1) is 6.54 Å². The Bertz CT molecular complexity index is 729. The molecule has 0 aliphatic carbocycles. The smallest absolute Gasteiger partial charge is 0.226 e. The van der Waals surface area contributed by atoms with Gasteiger partial charge in [-0.3, -0.25) is 14.6 Å². The Morgan fingerprint density at radius 2 is 2.14 bits per heavy atom. The van der Waals surface area contributed by atoms with Gasteiger partial charge < -0.3 is 21.3 Å². The maximum atomic E-state index is 12.3. The molecule has 1 aromatic rings. The molecule has 1 aliphatic rings. The SMILES string of the molecule is CCNC(=NCCC(=O)Nc1cccc(Cl)c1C)N1CCCC(CC(N)=O)C1.I. The van der Waals surface area contributed by atoms with Crippen molar-refractivity contribution in [1.29, 1.82) is 0 Å². The Hall–Kier alpha value is -1.55. The van der Waals surface area contributed by atoms with Crippen LogP contribution in [0.2, 0.25) is 5.02 Å². The van der Waals surface area contributed by atoms with Gasteiger partial charge in [-0.25, -0.2) is 0 Å². The minimum absolute atomic E-state index is 0. The number of anilines is 1. The number of nitrogens with one attached hydrogen (secondary N) is 2. The number of likely N-dealkylation sites (tertiary alicyclic amines) is 1. The number of rotatable bonds is 7. The third kappa shape index (κ3) is 8.38. The van der Waals surface area contributed by atoms with Gasteiger partial charge in [0.25, 0.3) is 0 Å². The lowest BCUT2D eigenvalue weighted by Gasteiger charge is -2.34. The molecule has 0 spiro atoms. The maximum Gasteiger partial charge on any atom is 0.226 e. The number of piperidine rings is 1. The number of hydrogen-bond donors (Lipinski definition) is 3. The van der Waals surface area contributed by atoms with E-state index in [1.54, 1.807) is 6.07 Å². The lowest BCUT2D eigenvalue weighted by Crippen LogP contribution is -2.47. The van der Waals surface area contributed by atoms with E-state index in [9.17, 15) is 9.59 Å². The molecule has 0 bridgehead atoms. The fourth-order valence-electron chi connectivity index (χ4n) is 3.35. The minimum atomic E-state index is -0.262. The third-order valence-electron chi connectivity index (χ3n) is 4.79. The number of guanidine groups is 1. The highest BCUT2D eigenvalue weighted by Crippen LogP contribution is 2.23. The van der Waals surface area contributed by atoms with Crippen LogP contribution in [0.4, 0.5) is 5.69 Å². The van der Waals surface area contributed by atoms with Gasteiger partial charge in [-0.1, -0.05) is 17.7 Å². The summed E-state index contributed by atoms with van der Waals surface area (Å²) >= 11 is 6.09. The van der Waals surface area contributed by atoms with E-state index in [0.717, 1.165) is 49.7 Å². The molecular weight excluding hydrogens is 505 g/mol. The topological polar surface area (TPSA) is 99.8 Å². The van der Waals surface area contributed by atoms with Crippen molar-refractivity contribution in [3.63, 3.8) is 0 Å². The first-order chi connectivity index (χ1) is 13.4. The molecule has 1 aromatic carbocycles. The molecule has 1 fully saturated rings. The Morgan fingerprint density at radius 3 is 2.83 bits per heavy atom. The first-order valence-electron chi connectivity index (χ1n) is 9.77. The monoisotopic (exact) mass is 535 g/mol. The Morgan fingerprint density at radius 1 is 1.38 bits per heavy atom. The van der Waals surface area contributed by atoms with E-state index in [-0.39, 0.29) is 48.1 Å². The van der Waals surface area contributed by atoms with Gasteiger partial charge in [-0.2, -0.15) is 0 Å². The normalized spacial score (nSPS) is 16.7. The van der Waals surface area contributed by atoms with E-state index < -0.39 is 0 Å². The molecule has 162 valence electrons. The van der Waals surface area contributed by atoms with E-state index in [1.807, 2.05) is 26.0 Å². The van der Waals surface area contributed by atoms with Crippen LogP contribution in [0.1, 0.15) is 38.2 Å². The van der Waals surface area contributed by atoms with Crippen LogP contribution >= 0.6 is 35.6 Å². The predicted octanol–water partition coefficient (Wildman–Crippen LogP) is 3.15. The number of primary amides is 1. The van der Waals surface area contributed by atoms with Crippen LogP contribution in [-0.4, -0.2) is 48.9 Å². The zero-order valence-corrected chi connectivity index (χ0v) is 20.1. The van der Waals surface area contributed by atoms with Crippen LogP contribution in [-0.2, 0) is 9.59 Å². The molecule has 0 radical (unpaired) electrons. The predicted molar refractivity (Wildman–Crippen MR) is 129 cm³/mol. The molecule has 29 heavy (non-hydrogen) atoms. The van der Waals surface area contributed by atoms with Gasteiger partial charge in [0.15, 0.2) is 5.96 Å². The van der Waals surface area contributed by atoms with Crippen molar-refractivity contribution in [3.05, 3.63) is 28.8 Å². The van der Waals surface area contributed by atoms with Gasteiger partial charge in [0, 0.05) is 43.2 Å². The van der Waals surface area contributed by atoms with Gasteiger partial charge in [0.1, 0.15) is 0 Å². The summed E-state index contributed by atoms with van der Waals surface area (Å²) in [4.78, 5) is 30.2. The Kier molecular flexibility index (Phi) is 11.3. The van der Waals surface area contributed by atoms with Crippen LogP contribution in [0.15, 0.2) is 23.2 Å². The number of aliphatic imine (C=N–C) groups is 1. The molecule has 1 atom stereocenters. The lowest BCUT2D eigenvalue weighted by molar-refractivity contribution is -0.119. The average Bonchev–Trinajstić information content (AvgIpc) is 2.64. The summed E-state index contributed by atoms with van der Waals surface area (Å²) in [7, 11) is 0. The van der Waals surface area contributed by atoms with Crippen molar-refractivity contribution >= 4 is 59.0 Å². The van der Waals surface area contributed by atoms with E-state index in [0.29, 0.717) is 18.0 Å². The van der Waals surface area contributed by atoms with Crippen molar-refractivity contribution in [3.8, 4) is 0 Å². The highest BCUT2D eigenvalue weighted by atomic mass is 127. The molecule has 1 heterocycles. The summed E-state index contributed by atoms with van der Waals surface area (Å²) in [5.74, 6) is 0.671. The lowest BCUT2D eigenvalue weighted by atomic mass is 9.95. The van der Waals surface area contributed by atoms with Crippen molar-refractivity contribution < 1.29 is 9.59 Å². The number of nitrogens with zero attached hydrogens (tertiary/aromatic N) is 2. The molecule has 2 amide bonds. The minimum Gasteiger partial charge on any atom is -0.370 e. The number of amides is 2.